The number of carbonyl (C=O) groups is 1. The molecule has 0 saturated carbocycles. The summed E-state index contributed by atoms with van der Waals surface area (Å²) < 4.78 is 18.3. The standard InChI is InChI=1S/C23H21IN6O5/c1-3-22(32)10-17(30-13-27-18-19(26)28-14(2)29-20(18)30)34-16(22)11-33-23(12-25,21(31)35-24)9-15-7-5-4-6-8-15/h1,4-8,13,16-17,32H,9-11H2,2H3,(H2,26,28,29)/t16?,17?,22-,23?/m0/s1. The summed E-state index contributed by atoms with van der Waals surface area (Å²) in [7, 11) is 0. The van der Waals surface area contributed by atoms with E-state index in [0.29, 0.717) is 22.6 Å². The van der Waals surface area contributed by atoms with E-state index in [0.717, 1.165) is 0 Å². The van der Waals surface area contributed by atoms with Crippen molar-refractivity contribution in [3.63, 3.8) is 0 Å². The number of carbonyl (C=O) groups excluding carboxylic acids is 1. The Morgan fingerprint density at radius 2 is 2.20 bits per heavy atom. The fourth-order valence-electron chi connectivity index (χ4n) is 3.97. The number of halogens is 1. The van der Waals surface area contributed by atoms with Crippen LogP contribution in [0, 0.1) is 30.6 Å². The van der Waals surface area contributed by atoms with Crippen molar-refractivity contribution >= 4 is 46.0 Å². The molecule has 3 aromatic rings. The lowest BCUT2D eigenvalue weighted by molar-refractivity contribution is -0.160. The first kappa shape index (κ1) is 24.8. The first-order chi connectivity index (χ1) is 16.7. The molecule has 1 fully saturated rings. The fourth-order valence-corrected chi connectivity index (χ4v) is 4.32. The molecule has 12 heteroatoms. The van der Waals surface area contributed by atoms with Gasteiger partial charge in [0, 0.05) is 12.8 Å². The Kier molecular flexibility index (Phi) is 6.91. The number of aliphatic hydroxyl groups is 1. The molecule has 1 aliphatic rings. The van der Waals surface area contributed by atoms with Gasteiger partial charge in [0.1, 0.15) is 29.7 Å². The summed E-state index contributed by atoms with van der Waals surface area (Å²) >= 11 is 1.40. The molecular weight excluding hydrogens is 567 g/mol. The Bertz CT molecular complexity index is 1340. The third kappa shape index (κ3) is 4.66. The highest BCUT2D eigenvalue weighted by Gasteiger charge is 2.50. The third-order valence-electron chi connectivity index (χ3n) is 5.82. The SMILES string of the molecule is C#C[C@]1(O)CC(n2cnc3c(N)nc(C)nc32)OC1COC(C#N)(Cc1ccccc1)C(=O)OI. The minimum atomic E-state index is -1.97. The van der Waals surface area contributed by atoms with E-state index in [2.05, 4.69) is 20.9 Å². The maximum atomic E-state index is 12.6. The number of nitrogens with two attached hydrogens (primary N) is 1. The highest BCUT2D eigenvalue weighted by Crippen LogP contribution is 2.39. The van der Waals surface area contributed by atoms with Gasteiger partial charge in [-0.3, -0.25) is 4.57 Å². The molecule has 3 N–H and O–H groups in total. The van der Waals surface area contributed by atoms with Gasteiger partial charge < -0.3 is 23.4 Å². The number of nitriles is 1. The number of aromatic nitrogens is 4. The van der Waals surface area contributed by atoms with Gasteiger partial charge in [-0.25, -0.2) is 19.7 Å². The predicted molar refractivity (Wildman–Crippen MR) is 131 cm³/mol. The average molecular weight is 588 g/mol. The first-order valence-corrected chi connectivity index (χ1v) is 11.4. The van der Waals surface area contributed by atoms with Crippen molar-refractivity contribution < 1.29 is 22.4 Å². The van der Waals surface area contributed by atoms with E-state index >= 15 is 0 Å². The molecule has 1 aromatic carbocycles. The van der Waals surface area contributed by atoms with Crippen LogP contribution in [0.25, 0.3) is 11.2 Å². The van der Waals surface area contributed by atoms with Gasteiger partial charge in [-0.15, -0.1) is 6.42 Å². The Hall–Kier alpha value is -3.30. The minimum Gasteiger partial charge on any atom is -0.392 e. The number of aryl methyl sites for hydroxylation is 1. The van der Waals surface area contributed by atoms with Gasteiger partial charge in [0.2, 0.25) is 0 Å². The second-order valence-electron chi connectivity index (χ2n) is 8.11. The zero-order chi connectivity index (χ0) is 25.2. The Morgan fingerprint density at radius 3 is 2.86 bits per heavy atom. The maximum Gasteiger partial charge on any atom is 0.363 e. The minimum absolute atomic E-state index is 0.0130. The molecule has 0 aliphatic carbocycles. The monoisotopic (exact) mass is 588 g/mol. The van der Waals surface area contributed by atoms with E-state index in [1.54, 1.807) is 35.8 Å². The summed E-state index contributed by atoms with van der Waals surface area (Å²) in [5, 5.41) is 21.0. The summed E-state index contributed by atoms with van der Waals surface area (Å²) in [5.74, 6) is 2.14. The topological polar surface area (TPSA) is 158 Å². The van der Waals surface area contributed by atoms with Crippen LogP contribution in [0.3, 0.4) is 0 Å². The summed E-state index contributed by atoms with van der Waals surface area (Å²) in [6.07, 6.45) is 5.22. The third-order valence-corrected chi connectivity index (χ3v) is 6.22. The van der Waals surface area contributed by atoms with Crippen molar-refractivity contribution in [3.05, 3.63) is 48.0 Å². The second-order valence-corrected chi connectivity index (χ2v) is 8.55. The number of hydrogen-bond acceptors (Lipinski definition) is 10. The van der Waals surface area contributed by atoms with Crippen LogP contribution in [0.2, 0.25) is 0 Å². The van der Waals surface area contributed by atoms with Crippen LogP contribution in [-0.4, -0.2) is 54.5 Å². The molecule has 4 rings (SSSR count). The smallest absolute Gasteiger partial charge is 0.363 e. The molecule has 1 saturated heterocycles. The molecule has 0 radical (unpaired) electrons. The molecule has 35 heavy (non-hydrogen) atoms. The predicted octanol–water partition coefficient (Wildman–Crippen LogP) is 1.78. The molecule has 11 nitrogen and oxygen atoms in total. The zero-order valence-electron chi connectivity index (χ0n) is 18.6. The van der Waals surface area contributed by atoms with Crippen molar-refractivity contribution in [2.75, 3.05) is 12.3 Å². The lowest BCUT2D eigenvalue weighted by Gasteiger charge is -2.28. The van der Waals surface area contributed by atoms with Gasteiger partial charge in [-0.05, 0) is 12.5 Å². The lowest BCUT2D eigenvalue weighted by atomic mass is 9.94. The number of anilines is 1. The number of rotatable bonds is 7. The Labute approximate surface area is 214 Å². The van der Waals surface area contributed by atoms with Gasteiger partial charge in [-0.2, -0.15) is 5.26 Å². The fraction of sp³-hybridized carbons (Fsp3) is 0.348. The van der Waals surface area contributed by atoms with Gasteiger partial charge in [0.15, 0.2) is 40.1 Å². The second kappa shape index (κ2) is 9.75. The van der Waals surface area contributed by atoms with E-state index in [9.17, 15) is 15.2 Å². The molecule has 3 heterocycles. The summed E-state index contributed by atoms with van der Waals surface area (Å²) in [5.41, 5.74) is 3.72. The Balaban J connectivity index is 1.60. The van der Waals surface area contributed by atoms with Crippen molar-refractivity contribution in [1.82, 2.24) is 19.5 Å². The molecule has 2 aromatic heterocycles. The van der Waals surface area contributed by atoms with Crippen molar-refractivity contribution in [2.24, 2.45) is 0 Å². The summed E-state index contributed by atoms with van der Waals surface area (Å²) in [6.45, 7) is 1.34. The van der Waals surface area contributed by atoms with Crippen molar-refractivity contribution in [3.8, 4) is 18.4 Å². The van der Waals surface area contributed by atoms with Gasteiger partial charge >= 0.3 is 5.97 Å². The Morgan fingerprint density at radius 1 is 1.46 bits per heavy atom. The molecule has 0 bridgehead atoms. The number of terminal acetylenes is 1. The first-order valence-electron chi connectivity index (χ1n) is 10.5. The molecule has 180 valence electrons. The van der Waals surface area contributed by atoms with E-state index in [1.165, 1.54) is 29.3 Å². The number of ether oxygens (including phenoxy) is 2. The van der Waals surface area contributed by atoms with Crippen LogP contribution in [0.4, 0.5) is 5.82 Å². The van der Waals surface area contributed by atoms with Gasteiger partial charge in [-0.1, -0.05) is 36.3 Å². The highest BCUT2D eigenvalue weighted by atomic mass is 127. The van der Waals surface area contributed by atoms with Crippen molar-refractivity contribution in [1.29, 1.82) is 5.26 Å². The normalized spacial score (nSPS) is 23.3. The van der Waals surface area contributed by atoms with Crippen LogP contribution in [0.5, 0.6) is 0 Å². The van der Waals surface area contributed by atoms with Gasteiger partial charge in [0.25, 0.3) is 5.60 Å². The van der Waals surface area contributed by atoms with E-state index < -0.39 is 29.5 Å². The maximum absolute atomic E-state index is 12.6. The number of benzene rings is 1. The van der Waals surface area contributed by atoms with E-state index in [-0.39, 0.29) is 25.3 Å². The molecule has 0 amide bonds. The number of nitrogen functional groups attached to an aromatic ring is 1. The highest BCUT2D eigenvalue weighted by molar-refractivity contribution is 14.1. The molecule has 1 aliphatic heterocycles. The van der Waals surface area contributed by atoms with Crippen molar-refractivity contribution in [2.45, 2.75) is 43.3 Å². The quantitative estimate of drug-likeness (QED) is 0.308. The van der Waals surface area contributed by atoms with Crippen LogP contribution < -0.4 is 5.73 Å². The molecule has 4 atom stereocenters. The lowest BCUT2D eigenvalue weighted by Crippen LogP contribution is -2.47. The summed E-state index contributed by atoms with van der Waals surface area (Å²) in [4.78, 5) is 25.3. The van der Waals surface area contributed by atoms with Gasteiger partial charge in [0.05, 0.1) is 12.9 Å². The van der Waals surface area contributed by atoms with Crippen LogP contribution in [0.15, 0.2) is 36.7 Å². The number of imidazole rings is 1. The number of hydrogen-bond donors (Lipinski definition) is 2. The van der Waals surface area contributed by atoms with Crippen LogP contribution in [0.1, 0.15) is 24.0 Å². The largest absolute Gasteiger partial charge is 0.392 e. The van der Waals surface area contributed by atoms with E-state index in [4.69, 9.17) is 24.7 Å². The van der Waals surface area contributed by atoms with Crippen LogP contribution in [-0.2, 0) is 23.8 Å². The number of nitrogens with zero attached hydrogens (tertiary/aromatic N) is 5. The molecule has 0 spiro atoms. The van der Waals surface area contributed by atoms with E-state index in [1.807, 2.05) is 12.1 Å². The zero-order valence-corrected chi connectivity index (χ0v) is 20.7. The number of fused-ring (bicyclic) bond motifs is 1. The molecule has 3 unspecified atom stereocenters. The van der Waals surface area contributed by atoms with Crippen LogP contribution >= 0.6 is 23.0 Å². The average Bonchev–Trinajstić information content (AvgIpc) is 3.43. The molecular formula is C23H21IN6O5. The summed E-state index contributed by atoms with van der Waals surface area (Å²) in [6, 6.07) is 10.8.